The molecule has 22 heavy (non-hydrogen) atoms. The van der Waals surface area contributed by atoms with Crippen molar-refractivity contribution in [2.75, 3.05) is 12.0 Å². The Kier molecular flexibility index (Phi) is 3.62. The van der Waals surface area contributed by atoms with Gasteiger partial charge in [-0.15, -0.1) is 0 Å². The average Bonchev–Trinajstić information content (AvgIpc) is 2.54. The summed E-state index contributed by atoms with van der Waals surface area (Å²) >= 11 is 0. The summed E-state index contributed by atoms with van der Waals surface area (Å²) < 4.78 is 5.27. The maximum atomic E-state index is 12.3. The topological polar surface area (TPSA) is 55.6 Å². The van der Waals surface area contributed by atoms with Gasteiger partial charge < -0.3 is 15.4 Å². The van der Waals surface area contributed by atoms with Gasteiger partial charge >= 0.3 is 0 Å². The molecule has 0 saturated carbocycles. The number of nitrogens with two attached hydrogens (primary N) is 1. The number of benzene rings is 2. The molecule has 1 saturated heterocycles. The maximum absolute atomic E-state index is 12.3. The van der Waals surface area contributed by atoms with Crippen molar-refractivity contribution in [3.63, 3.8) is 0 Å². The number of hydrogen-bond donors (Lipinski definition) is 1. The fraction of sp³-hybridized carbons (Fsp3) is 0.278. The monoisotopic (exact) mass is 296 g/mol. The number of anilines is 1. The molecule has 2 atom stereocenters. The molecule has 0 spiro atoms. The molecule has 114 valence electrons. The number of nitrogens with zero attached hydrogens (tertiary/aromatic N) is 1. The summed E-state index contributed by atoms with van der Waals surface area (Å²) in [5.41, 5.74) is 10.3. The van der Waals surface area contributed by atoms with Crippen LogP contribution in [0.5, 0.6) is 5.75 Å². The number of amides is 1. The van der Waals surface area contributed by atoms with Gasteiger partial charge in [-0.3, -0.25) is 4.79 Å². The lowest BCUT2D eigenvalue weighted by Crippen LogP contribution is -2.63. The first-order chi connectivity index (χ1) is 10.5. The number of carbonyl (C=O) groups is 1. The van der Waals surface area contributed by atoms with E-state index in [1.165, 1.54) is 5.56 Å². The van der Waals surface area contributed by atoms with Gasteiger partial charge in [0.15, 0.2) is 0 Å². The van der Waals surface area contributed by atoms with Gasteiger partial charge in [0.05, 0.1) is 13.2 Å². The molecule has 3 rings (SSSR count). The van der Waals surface area contributed by atoms with Crippen molar-refractivity contribution < 1.29 is 9.53 Å². The molecule has 1 fully saturated rings. The van der Waals surface area contributed by atoms with Crippen LogP contribution < -0.4 is 15.4 Å². The number of carbonyl (C=O) groups excluding carboxylic acids is 1. The van der Waals surface area contributed by atoms with Crippen LogP contribution in [0.1, 0.15) is 22.7 Å². The van der Waals surface area contributed by atoms with Gasteiger partial charge in [-0.2, -0.15) is 0 Å². The van der Waals surface area contributed by atoms with E-state index in [-0.39, 0.29) is 11.9 Å². The Morgan fingerprint density at radius 1 is 1.09 bits per heavy atom. The first-order valence-electron chi connectivity index (χ1n) is 7.33. The Balaban J connectivity index is 1.98. The molecule has 4 heteroatoms. The van der Waals surface area contributed by atoms with E-state index in [1.54, 1.807) is 12.0 Å². The molecule has 1 aliphatic heterocycles. The highest BCUT2D eigenvalue weighted by Gasteiger charge is 2.46. The van der Waals surface area contributed by atoms with Crippen LogP contribution in [0.4, 0.5) is 5.69 Å². The van der Waals surface area contributed by atoms with E-state index in [1.807, 2.05) is 49.4 Å². The van der Waals surface area contributed by atoms with Crippen LogP contribution in [-0.4, -0.2) is 19.1 Å². The average molecular weight is 296 g/mol. The summed E-state index contributed by atoms with van der Waals surface area (Å²) in [7, 11) is 1.63. The van der Waals surface area contributed by atoms with Crippen LogP contribution in [0.2, 0.25) is 0 Å². The quantitative estimate of drug-likeness (QED) is 0.886. The number of β-lactam (4-membered cyclic amide) rings is 1. The molecule has 0 bridgehead atoms. The van der Waals surface area contributed by atoms with Gasteiger partial charge in [0.2, 0.25) is 5.91 Å². The number of ether oxygens (including phenoxy) is 1. The molecular weight excluding hydrogens is 276 g/mol. The zero-order chi connectivity index (χ0) is 15.9. The number of hydrogen-bond acceptors (Lipinski definition) is 3. The molecule has 0 unspecified atom stereocenters. The van der Waals surface area contributed by atoms with Crippen LogP contribution in [-0.2, 0) is 4.79 Å². The molecule has 1 amide bonds. The van der Waals surface area contributed by atoms with E-state index in [0.717, 1.165) is 22.6 Å². The van der Waals surface area contributed by atoms with E-state index in [9.17, 15) is 4.79 Å². The second kappa shape index (κ2) is 5.46. The highest BCUT2D eigenvalue weighted by atomic mass is 16.5. The smallest absolute Gasteiger partial charge is 0.247 e. The second-order valence-corrected chi connectivity index (χ2v) is 5.72. The van der Waals surface area contributed by atoms with Gasteiger partial charge in [-0.1, -0.05) is 18.2 Å². The van der Waals surface area contributed by atoms with E-state index in [2.05, 4.69) is 6.92 Å². The Labute approximate surface area is 130 Å². The van der Waals surface area contributed by atoms with E-state index in [0.29, 0.717) is 0 Å². The standard InChI is InChI=1S/C18H20N2O2/c1-11-7-8-14(9-12(11)2)20-17(16(19)18(20)21)13-5-4-6-15(10-13)22-3/h4-10,16-17H,19H2,1-3H3/t16-,17-/m1/s1. The summed E-state index contributed by atoms with van der Waals surface area (Å²) in [6.45, 7) is 4.10. The summed E-state index contributed by atoms with van der Waals surface area (Å²) in [4.78, 5) is 14.0. The van der Waals surface area contributed by atoms with Gasteiger partial charge in [0.1, 0.15) is 11.8 Å². The molecule has 1 aliphatic rings. The minimum absolute atomic E-state index is 0.0453. The van der Waals surface area contributed by atoms with E-state index in [4.69, 9.17) is 10.5 Å². The third-order valence-electron chi connectivity index (χ3n) is 4.34. The van der Waals surface area contributed by atoms with E-state index >= 15 is 0 Å². The van der Waals surface area contributed by atoms with Gasteiger partial charge in [0.25, 0.3) is 0 Å². The highest BCUT2D eigenvalue weighted by molar-refractivity contribution is 6.05. The molecular formula is C18H20N2O2. The lowest BCUT2D eigenvalue weighted by molar-refractivity contribution is -0.126. The predicted octanol–water partition coefficient (Wildman–Crippen LogP) is 2.73. The third-order valence-corrected chi connectivity index (χ3v) is 4.34. The minimum atomic E-state index is -0.506. The minimum Gasteiger partial charge on any atom is -0.497 e. The van der Waals surface area contributed by atoms with Crippen molar-refractivity contribution in [1.82, 2.24) is 0 Å². The number of methoxy groups -OCH3 is 1. The van der Waals surface area contributed by atoms with Gasteiger partial charge in [0, 0.05) is 5.69 Å². The predicted molar refractivity (Wildman–Crippen MR) is 87.1 cm³/mol. The van der Waals surface area contributed by atoms with E-state index < -0.39 is 6.04 Å². The van der Waals surface area contributed by atoms with Crippen LogP contribution >= 0.6 is 0 Å². The normalized spacial score (nSPS) is 20.7. The first-order valence-corrected chi connectivity index (χ1v) is 7.33. The molecule has 0 radical (unpaired) electrons. The summed E-state index contributed by atoms with van der Waals surface area (Å²) in [5, 5.41) is 0. The van der Waals surface area contributed by atoms with Crippen LogP contribution in [0, 0.1) is 13.8 Å². The maximum Gasteiger partial charge on any atom is 0.247 e. The van der Waals surface area contributed by atoms with Crippen LogP contribution in [0.3, 0.4) is 0 Å². The number of aryl methyl sites for hydroxylation is 2. The highest BCUT2D eigenvalue weighted by Crippen LogP contribution is 2.39. The van der Waals surface area contributed by atoms with Crippen molar-refractivity contribution >= 4 is 11.6 Å². The van der Waals surface area contributed by atoms with Crippen molar-refractivity contribution in [1.29, 1.82) is 0 Å². The summed E-state index contributed by atoms with van der Waals surface area (Å²) in [5.74, 6) is 0.722. The Hall–Kier alpha value is -2.33. The van der Waals surface area contributed by atoms with Gasteiger partial charge in [-0.25, -0.2) is 0 Å². The van der Waals surface area contributed by atoms with Crippen LogP contribution in [0.25, 0.3) is 0 Å². The van der Waals surface area contributed by atoms with Crippen LogP contribution in [0.15, 0.2) is 42.5 Å². The lowest BCUT2D eigenvalue weighted by Gasteiger charge is -2.45. The Morgan fingerprint density at radius 3 is 2.55 bits per heavy atom. The largest absolute Gasteiger partial charge is 0.497 e. The summed E-state index contributed by atoms with van der Waals surface area (Å²) in [6, 6.07) is 13.1. The fourth-order valence-corrected chi connectivity index (χ4v) is 2.86. The van der Waals surface area contributed by atoms with Crippen molar-refractivity contribution in [3.8, 4) is 5.75 Å². The zero-order valence-corrected chi connectivity index (χ0v) is 13.0. The summed E-state index contributed by atoms with van der Waals surface area (Å²) in [6.07, 6.45) is 0. The molecule has 2 aromatic carbocycles. The first kappa shape index (κ1) is 14.6. The zero-order valence-electron chi connectivity index (χ0n) is 13.0. The lowest BCUT2D eigenvalue weighted by atomic mass is 9.88. The molecule has 0 aromatic heterocycles. The number of rotatable bonds is 3. The molecule has 2 aromatic rings. The van der Waals surface area contributed by atoms with Gasteiger partial charge in [-0.05, 0) is 54.8 Å². The second-order valence-electron chi connectivity index (χ2n) is 5.72. The fourth-order valence-electron chi connectivity index (χ4n) is 2.86. The van der Waals surface area contributed by atoms with Crippen molar-refractivity contribution in [3.05, 3.63) is 59.2 Å². The Bertz CT molecular complexity index is 727. The molecule has 4 nitrogen and oxygen atoms in total. The third kappa shape index (κ3) is 2.25. The Morgan fingerprint density at radius 2 is 1.86 bits per heavy atom. The van der Waals surface area contributed by atoms with Crippen molar-refractivity contribution in [2.45, 2.75) is 25.9 Å². The van der Waals surface area contributed by atoms with Crippen molar-refractivity contribution in [2.24, 2.45) is 5.73 Å². The SMILES string of the molecule is COc1cccc([C@@H]2[C@@H](N)C(=O)N2c2ccc(C)c(C)c2)c1. The molecule has 0 aliphatic carbocycles. The molecule has 1 heterocycles. The molecule has 2 N–H and O–H groups in total.